The normalized spacial score (nSPS) is 17.2. The van der Waals surface area contributed by atoms with Crippen molar-refractivity contribution in [3.63, 3.8) is 0 Å². The van der Waals surface area contributed by atoms with Crippen molar-refractivity contribution in [1.82, 2.24) is 9.88 Å². The first-order valence-electron chi connectivity index (χ1n) is 6.01. The van der Waals surface area contributed by atoms with Crippen molar-refractivity contribution in [2.45, 2.75) is 0 Å². The van der Waals surface area contributed by atoms with Gasteiger partial charge in [0.05, 0.1) is 7.11 Å². The fraction of sp³-hybridized carbons (Fsp3) is 0.583. The van der Waals surface area contributed by atoms with E-state index in [9.17, 15) is 0 Å². The molecule has 17 heavy (non-hydrogen) atoms. The zero-order chi connectivity index (χ0) is 12.1. The van der Waals surface area contributed by atoms with Crippen LogP contribution in [0.2, 0.25) is 0 Å². The maximum atomic E-state index is 5.56. The fourth-order valence-corrected chi connectivity index (χ4v) is 2.12. The van der Waals surface area contributed by atoms with Crippen LogP contribution in [0.3, 0.4) is 0 Å². The van der Waals surface area contributed by atoms with E-state index in [0.29, 0.717) is 5.88 Å². The van der Waals surface area contributed by atoms with E-state index in [0.717, 1.165) is 39.3 Å². The van der Waals surface area contributed by atoms with Gasteiger partial charge in [-0.15, -0.1) is 0 Å². The van der Waals surface area contributed by atoms with Gasteiger partial charge in [-0.1, -0.05) is 0 Å². The van der Waals surface area contributed by atoms with Gasteiger partial charge in [0, 0.05) is 57.2 Å². The van der Waals surface area contributed by atoms with E-state index in [-0.39, 0.29) is 0 Å². The van der Waals surface area contributed by atoms with Crippen molar-refractivity contribution < 1.29 is 4.74 Å². The standard InChI is InChI=1S/C12H20N4O/c1-17-12-10-11(2-4-14-12)16-8-6-15(5-3-13)7-9-16/h2,4,10H,3,5-9,13H2,1H3. The molecule has 5 nitrogen and oxygen atoms in total. The van der Waals surface area contributed by atoms with Crippen molar-refractivity contribution in [1.29, 1.82) is 0 Å². The molecule has 0 spiro atoms. The zero-order valence-electron chi connectivity index (χ0n) is 10.3. The molecule has 2 N–H and O–H groups in total. The fourth-order valence-electron chi connectivity index (χ4n) is 2.12. The Bertz CT molecular complexity index is 350. The van der Waals surface area contributed by atoms with Crippen LogP contribution < -0.4 is 15.4 Å². The number of methoxy groups -OCH3 is 1. The summed E-state index contributed by atoms with van der Waals surface area (Å²) in [5.74, 6) is 0.673. The number of anilines is 1. The van der Waals surface area contributed by atoms with Crippen molar-refractivity contribution in [3.8, 4) is 5.88 Å². The summed E-state index contributed by atoms with van der Waals surface area (Å²) < 4.78 is 5.14. The Morgan fingerprint density at radius 3 is 2.76 bits per heavy atom. The quantitative estimate of drug-likeness (QED) is 0.807. The molecule has 0 radical (unpaired) electrons. The van der Waals surface area contributed by atoms with Crippen molar-refractivity contribution in [3.05, 3.63) is 18.3 Å². The molecule has 0 aliphatic carbocycles. The Kier molecular flexibility index (Phi) is 4.17. The molecule has 1 aliphatic heterocycles. The summed E-state index contributed by atoms with van der Waals surface area (Å²) in [5.41, 5.74) is 6.75. The average molecular weight is 236 g/mol. The Morgan fingerprint density at radius 2 is 2.12 bits per heavy atom. The molecular weight excluding hydrogens is 216 g/mol. The first-order valence-corrected chi connectivity index (χ1v) is 6.01. The second kappa shape index (κ2) is 5.84. The van der Waals surface area contributed by atoms with E-state index in [1.165, 1.54) is 5.69 Å². The number of ether oxygens (including phenoxy) is 1. The second-order valence-electron chi connectivity index (χ2n) is 4.17. The smallest absolute Gasteiger partial charge is 0.214 e. The van der Waals surface area contributed by atoms with Crippen molar-refractivity contribution >= 4 is 5.69 Å². The van der Waals surface area contributed by atoms with Crippen molar-refractivity contribution in [2.24, 2.45) is 5.73 Å². The third-order valence-corrected chi connectivity index (χ3v) is 3.11. The highest BCUT2D eigenvalue weighted by molar-refractivity contribution is 5.48. The summed E-state index contributed by atoms with van der Waals surface area (Å²) in [6.45, 7) is 5.95. The zero-order valence-corrected chi connectivity index (χ0v) is 10.3. The lowest BCUT2D eigenvalue weighted by molar-refractivity contribution is 0.265. The SMILES string of the molecule is COc1cc(N2CCN(CCN)CC2)ccn1. The summed E-state index contributed by atoms with van der Waals surface area (Å²) in [7, 11) is 1.64. The highest BCUT2D eigenvalue weighted by Gasteiger charge is 2.16. The van der Waals surface area contributed by atoms with Gasteiger partial charge < -0.3 is 15.4 Å². The van der Waals surface area contributed by atoms with E-state index in [4.69, 9.17) is 10.5 Å². The molecule has 1 fully saturated rings. The minimum absolute atomic E-state index is 0.673. The topological polar surface area (TPSA) is 54.6 Å². The average Bonchev–Trinajstić information content (AvgIpc) is 2.40. The predicted molar refractivity (Wildman–Crippen MR) is 68.5 cm³/mol. The van der Waals surface area contributed by atoms with Gasteiger partial charge in [-0.3, -0.25) is 4.90 Å². The number of hydrogen-bond acceptors (Lipinski definition) is 5. The number of pyridine rings is 1. The van der Waals surface area contributed by atoms with E-state index >= 15 is 0 Å². The lowest BCUT2D eigenvalue weighted by Gasteiger charge is -2.35. The molecule has 5 heteroatoms. The molecule has 0 unspecified atom stereocenters. The van der Waals surface area contributed by atoms with Gasteiger partial charge >= 0.3 is 0 Å². The third kappa shape index (κ3) is 3.08. The molecule has 0 aromatic carbocycles. The number of hydrogen-bond donors (Lipinski definition) is 1. The van der Waals surface area contributed by atoms with E-state index in [1.807, 2.05) is 12.1 Å². The molecule has 1 aromatic rings. The number of nitrogens with zero attached hydrogens (tertiary/aromatic N) is 3. The van der Waals surface area contributed by atoms with Crippen LogP contribution in [-0.2, 0) is 0 Å². The van der Waals surface area contributed by atoms with Crippen LogP contribution in [0.15, 0.2) is 18.3 Å². The van der Waals surface area contributed by atoms with Crippen LogP contribution in [0.1, 0.15) is 0 Å². The van der Waals surface area contributed by atoms with Gasteiger partial charge in [-0.05, 0) is 6.07 Å². The summed E-state index contributed by atoms with van der Waals surface area (Å²) in [6, 6.07) is 4.01. The minimum atomic E-state index is 0.673. The maximum Gasteiger partial charge on any atom is 0.214 e. The molecule has 1 aliphatic rings. The predicted octanol–water partition coefficient (Wildman–Crippen LogP) is 0.171. The molecule has 0 atom stereocenters. The summed E-state index contributed by atoms with van der Waals surface area (Å²) >= 11 is 0. The Labute approximate surface area is 102 Å². The lowest BCUT2D eigenvalue weighted by atomic mass is 10.2. The largest absolute Gasteiger partial charge is 0.481 e. The monoisotopic (exact) mass is 236 g/mol. The molecule has 0 bridgehead atoms. The van der Waals surface area contributed by atoms with Crippen LogP contribution in [0.25, 0.3) is 0 Å². The van der Waals surface area contributed by atoms with Crippen LogP contribution in [0, 0.1) is 0 Å². The molecule has 2 heterocycles. The molecule has 0 amide bonds. The van der Waals surface area contributed by atoms with Gasteiger partial charge in [0.15, 0.2) is 0 Å². The summed E-state index contributed by atoms with van der Waals surface area (Å²) in [6.07, 6.45) is 1.79. The number of nitrogens with two attached hydrogens (primary N) is 1. The molecule has 2 rings (SSSR count). The first kappa shape index (κ1) is 12.1. The highest BCUT2D eigenvalue weighted by Crippen LogP contribution is 2.19. The minimum Gasteiger partial charge on any atom is -0.481 e. The summed E-state index contributed by atoms with van der Waals surface area (Å²) in [5, 5.41) is 0. The molecular formula is C12H20N4O. The van der Waals surface area contributed by atoms with Crippen LogP contribution in [-0.4, -0.2) is 56.3 Å². The van der Waals surface area contributed by atoms with E-state index in [2.05, 4.69) is 14.8 Å². The molecule has 0 saturated carbocycles. The Morgan fingerprint density at radius 1 is 1.35 bits per heavy atom. The second-order valence-corrected chi connectivity index (χ2v) is 4.17. The summed E-state index contributed by atoms with van der Waals surface area (Å²) in [4.78, 5) is 8.88. The van der Waals surface area contributed by atoms with Gasteiger partial charge in [-0.25, -0.2) is 4.98 Å². The van der Waals surface area contributed by atoms with Crippen LogP contribution in [0.4, 0.5) is 5.69 Å². The Hall–Kier alpha value is -1.33. The van der Waals surface area contributed by atoms with Gasteiger partial charge in [0.2, 0.25) is 5.88 Å². The van der Waals surface area contributed by atoms with Gasteiger partial charge in [0.1, 0.15) is 0 Å². The van der Waals surface area contributed by atoms with Gasteiger partial charge in [-0.2, -0.15) is 0 Å². The first-order chi connectivity index (χ1) is 8.33. The van der Waals surface area contributed by atoms with Crippen molar-refractivity contribution in [2.75, 3.05) is 51.3 Å². The third-order valence-electron chi connectivity index (χ3n) is 3.11. The number of aromatic nitrogens is 1. The van der Waals surface area contributed by atoms with E-state index < -0.39 is 0 Å². The molecule has 1 aromatic heterocycles. The maximum absolute atomic E-state index is 5.56. The van der Waals surface area contributed by atoms with Crippen LogP contribution >= 0.6 is 0 Å². The number of piperazine rings is 1. The molecule has 1 saturated heterocycles. The molecule has 94 valence electrons. The highest BCUT2D eigenvalue weighted by atomic mass is 16.5. The van der Waals surface area contributed by atoms with E-state index in [1.54, 1.807) is 13.3 Å². The van der Waals surface area contributed by atoms with Crippen LogP contribution in [0.5, 0.6) is 5.88 Å². The lowest BCUT2D eigenvalue weighted by Crippen LogP contribution is -2.47. The van der Waals surface area contributed by atoms with Gasteiger partial charge in [0.25, 0.3) is 0 Å². The Balaban J connectivity index is 1.95. The number of rotatable bonds is 4.